The van der Waals surface area contributed by atoms with Crippen molar-refractivity contribution in [2.75, 3.05) is 12.3 Å². The van der Waals surface area contributed by atoms with Crippen LogP contribution in [0.15, 0.2) is 54.9 Å². The molecule has 1 aromatic carbocycles. The smallest absolute Gasteiger partial charge is 0.251 e. The molecule has 9 heteroatoms. The second-order valence-corrected chi connectivity index (χ2v) is 6.95. The number of benzene rings is 1. The van der Waals surface area contributed by atoms with Crippen molar-refractivity contribution < 1.29 is 9.53 Å². The van der Waals surface area contributed by atoms with Gasteiger partial charge < -0.3 is 20.2 Å². The lowest BCUT2D eigenvalue weighted by atomic mass is 10.1. The summed E-state index contributed by atoms with van der Waals surface area (Å²) in [6.07, 6.45) is 5.09. The standard InChI is InChI=1S/C22H21N7O2/c23-12-18-19(27-28-21(18)24)4-3-10-25-22(30)15-6-8-17(9-7-15)31-14-16-13-29-11-2-1-5-20(29)26-16/h1-2,5-9,11,13H,3-4,10,14H2,(H,25,30)(H3,24,27,28). The highest BCUT2D eigenvalue weighted by Crippen LogP contribution is 2.15. The molecule has 31 heavy (non-hydrogen) atoms. The molecule has 0 aliphatic carbocycles. The van der Waals surface area contributed by atoms with Crippen LogP contribution in [0.4, 0.5) is 5.82 Å². The molecule has 3 aromatic heterocycles. The molecular formula is C22H21N7O2. The van der Waals surface area contributed by atoms with Crippen LogP contribution in [0.2, 0.25) is 0 Å². The number of nitrogens with zero attached hydrogens (tertiary/aromatic N) is 4. The molecule has 156 valence electrons. The van der Waals surface area contributed by atoms with Gasteiger partial charge in [0.1, 0.15) is 29.6 Å². The highest BCUT2D eigenvalue weighted by molar-refractivity contribution is 5.94. The van der Waals surface area contributed by atoms with Crippen LogP contribution in [0.3, 0.4) is 0 Å². The van der Waals surface area contributed by atoms with E-state index in [4.69, 9.17) is 15.7 Å². The van der Waals surface area contributed by atoms with Gasteiger partial charge in [-0.1, -0.05) is 6.07 Å². The van der Waals surface area contributed by atoms with E-state index in [1.54, 1.807) is 24.3 Å². The molecular weight excluding hydrogens is 394 g/mol. The average molecular weight is 415 g/mol. The molecule has 4 rings (SSSR count). The Morgan fingerprint density at radius 2 is 2.10 bits per heavy atom. The average Bonchev–Trinajstić information content (AvgIpc) is 3.37. The van der Waals surface area contributed by atoms with Gasteiger partial charge >= 0.3 is 0 Å². The number of aromatic nitrogens is 4. The highest BCUT2D eigenvalue weighted by Gasteiger charge is 2.10. The number of hydrogen-bond donors (Lipinski definition) is 3. The number of ether oxygens (including phenoxy) is 1. The number of nitrogen functional groups attached to an aromatic ring is 1. The maximum absolute atomic E-state index is 12.3. The maximum atomic E-state index is 12.3. The fourth-order valence-electron chi connectivity index (χ4n) is 3.19. The fraction of sp³-hybridized carbons (Fsp3) is 0.182. The Morgan fingerprint density at radius 3 is 2.87 bits per heavy atom. The Balaban J connectivity index is 1.24. The number of hydrogen-bond acceptors (Lipinski definition) is 6. The van der Waals surface area contributed by atoms with Gasteiger partial charge in [-0.05, 0) is 49.2 Å². The third-order valence-corrected chi connectivity index (χ3v) is 4.79. The van der Waals surface area contributed by atoms with Gasteiger partial charge in [-0.25, -0.2) is 4.98 Å². The van der Waals surface area contributed by atoms with Gasteiger partial charge in [0, 0.05) is 24.5 Å². The molecule has 0 aliphatic rings. The minimum absolute atomic E-state index is 0.170. The van der Waals surface area contributed by atoms with Crippen LogP contribution in [0.5, 0.6) is 5.75 Å². The van der Waals surface area contributed by atoms with E-state index in [1.165, 1.54) is 0 Å². The quantitative estimate of drug-likeness (QED) is 0.379. The number of nitrogens with two attached hydrogens (primary N) is 1. The van der Waals surface area contributed by atoms with E-state index >= 15 is 0 Å². The van der Waals surface area contributed by atoms with Gasteiger partial charge in [-0.2, -0.15) is 10.4 Å². The predicted octanol–water partition coefficient (Wildman–Crippen LogP) is 2.45. The van der Waals surface area contributed by atoms with Crippen molar-refractivity contribution in [3.63, 3.8) is 0 Å². The number of imidazole rings is 1. The molecule has 9 nitrogen and oxygen atoms in total. The number of nitrogens with one attached hydrogen (secondary N) is 2. The molecule has 0 saturated heterocycles. The van der Waals surface area contributed by atoms with Crippen LogP contribution in [-0.2, 0) is 13.0 Å². The number of aromatic amines is 1. The molecule has 4 N–H and O–H groups in total. The van der Waals surface area contributed by atoms with Crippen LogP contribution in [0.1, 0.15) is 33.7 Å². The molecule has 4 aromatic rings. The van der Waals surface area contributed by atoms with Crippen molar-refractivity contribution in [3.05, 3.63) is 77.4 Å². The number of pyridine rings is 1. The van der Waals surface area contributed by atoms with Gasteiger partial charge in [0.05, 0.1) is 11.4 Å². The first-order valence-corrected chi connectivity index (χ1v) is 9.80. The number of fused-ring (bicyclic) bond motifs is 1. The van der Waals surface area contributed by atoms with E-state index in [1.807, 2.05) is 41.1 Å². The largest absolute Gasteiger partial charge is 0.487 e. The summed E-state index contributed by atoms with van der Waals surface area (Å²) >= 11 is 0. The van der Waals surface area contributed by atoms with E-state index in [2.05, 4.69) is 20.5 Å². The third kappa shape index (κ3) is 4.64. The number of carbonyl (C=O) groups excluding carboxylic acids is 1. The number of nitriles is 1. The van der Waals surface area contributed by atoms with Crippen molar-refractivity contribution in [2.45, 2.75) is 19.4 Å². The first-order chi connectivity index (χ1) is 15.1. The van der Waals surface area contributed by atoms with E-state index in [0.717, 1.165) is 11.3 Å². The summed E-state index contributed by atoms with van der Waals surface area (Å²) in [4.78, 5) is 16.8. The molecule has 0 spiro atoms. The second-order valence-electron chi connectivity index (χ2n) is 6.95. The molecule has 3 heterocycles. The Hall–Kier alpha value is -4.32. The van der Waals surface area contributed by atoms with E-state index < -0.39 is 0 Å². The summed E-state index contributed by atoms with van der Waals surface area (Å²) in [6.45, 7) is 0.810. The van der Waals surface area contributed by atoms with Crippen molar-refractivity contribution in [1.82, 2.24) is 24.9 Å². The number of aryl methyl sites for hydroxylation is 1. The number of carbonyl (C=O) groups is 1. The second kappa shape index (κ2) is 9.00. The predicted molar refractivity (Wildman–Crippen MR) is 114 cm³/mol. The van der Waals surface area contributed by atoms with Crippen molar-refractivity contribution in [1.29, 1.82) is 5.26 Å². The lowest BCUT2D eigenvalue weighted by molar-refractivity contribution is 0.0953. The van der Waals surface area contributed by atoms with Gasteiger partial charge in [0.25, 0.3) is 5.91 Å². The van der Waals surface area contributed by atoms with Crippen molar-refractivity contribution in [2.24, 2.45) is 0 Å². The summed E-state index contributed by atoms with van der Waals surface area (Å²) in [5.41, 5.74) is 8.90. The Bertz CT molecular complexity index is 1200. The Labute approximate surface area is 178 Å². The first kappa shape index (κ1) is 20.0. The van der Waals surface area contributed by atoms with E-state index in [0.29, 0.717) is 48.6 Å². The van der Waals surface area contributed by atoms with Crippen LogP contribution in [0, 0.1) is 11.3 Å². The van der Waals surface area contributed by atoms with Gasteiger partial charge in [-0.3, -0.25) is 9.89 Å². The summed E-state index contributed by atoms with van der Waals surface area (Å²) < 4.78 is 7.71. The van der Waals surface area contributed by atoms with E-state index in [-0.39, 0.29) is 11.7 Å². The Kier molecular flexibility index (Phi) is 5.80. The molecule has 0 bridgehead atoms. The first-order valence-electron chi connectivity index (χ1n) is 9.80. The van der Waals surface area contributed by atoms with Gasteiger partial charge in [0.2, 0.25) is 0 Å². The molecule has 0 atom stereocenters. The summed E-state index contributed by atoms with van der Waals surface area (Å²) in [7, 11) is 0. The number of rotatable bonds is 8. The van der Waals surface area contributed by atoms with Crippen LogP contribution < -0.4 is 15.8 Å². The van der Waals surface area contributed by atoms with Crippen molar-refractivity contribution in [3.8, 4) is 11.8 Å². The highest BCUT2D eigenvalue weighted by atomic mass is 16.5. The SMILES string of the molecule is N#Cc1c(N)n[nH]c1CCCNC(=O)c1ccc(OCc2cn3ccccc3n2)cc1. The van der Waals surface area contributed by atoms with Gasteiger partial charge in [-0.15, -0.1) is 0 Å². The summed E-state index contributed by atoms with van der Waals surface area (Å²) in [6, 6.07) is 14.8. The van der Waals surface area contributed by atoms with Gasteiger partial charge in [0.15, 0.2) is 5.82 Å². The molecule has 0 aliphatic heterocycles. The third-order valence-electron chi connectivity index (χ3n) is 4.79. The minimum Gasteiger partial charge on any atom is -0.487 e. The topological polar surface area (TPSA) is 134 Å². The fourth-order valence-corrected chi connectivity index (χ4v) is 3.19. The zero-order valence-electron chi connectivity index (χ0n) is 16.7. The molecule has 0 radical (unpaired) electrons. The molecule has 1 amide bonds. The number of amides is 1. The molecule has 0 saturated carbocycles. The summed E-state index contributed by atoms with van der Waals surface area (Å²) in [5, 5.41) is 18.5. The normalized spacial score (nSPS) is 10.7. The number of anilines is 1. The van der Waals surface area contributed by atoms with Crippen LogP contribution in [-0.4, -0.2) is 32.0 Å². The van der Waals surface area contributed by atoms with Crippen LogP contribution in [0.25, 0.3) is 5.65 Å². The number of H-pyrrole nitrogens is 1. The van der Waals surface area contributed by atoms with Crippen molar-refractivity contribution >= 4 is 17.4 Å². The maximum Gasteiger partial charge on any atom is 0.251 e. The van der Waals surface area contributed by atoms with Crippen LogP contribution >= 0.6 is 0 Å². The zero-order chi connectivity index (χ0) is 21.6. The zero-order valence-corrected chi connectivity index (χ0v) is 16.7. The monoisotopic (exact) mass is 415 g/mol. The molecule has 0 fully saturated rings. The Morgan fingerprint density at radius 1 is 1.26 bits per heavy atom. The van der Waals surface area contributed by atoms with E-state index in [9.17, 15) is 4.79 Å². The minimum atomic E-state index is -0.170. The lowest BCUT2D eigenvalue weighted by Gasteiger charge is -2.07. The molecule has 0 unspecified atom stereocenters. The summed E-state index contributed by atoms with van der Waals surface area (Å²) in [5.74, 6) is 0.691. The lowest BCUT2D eigenvalue weighted by Crippen LogP contribution is -2.24.